The largest absolute Gasteiger partial charge is 0.480 e. The molecule has 0 heterocycles. The average molecular weight is 556 g/mol. The first-order chi connectivity index (χ1) is 17.6. The first-order valence-electron chi connectivity index (χ1n) is 11.7. The minimum atomic E-state index is -1.17. The van der Waals surface area contributed by atoms with Crippen molar-refractivity contribution in [2.24, 2.45) is 22.2 Å². The Labute approximate surface area is 226 Å². The number of carbonyl (C=O) groups is 4. The molecular weight excluding hydrogens is 518 g/mol. The number of nitrogens with two attached hydrogens (primary N) is 3. The standard InChI is InChI=1S/C23H37N7O5S2/c1-37-11-9-16(22(34)35)28-20(32)17(12-14-6-3-2-4-7-14)29-21(33)18(13-36)30-19(31)15(24)8-5-10-27-23(25)26/h2-4,6-7,15-18,36H,5,8-13,24H2,1H3,(H,28,32)(H,29,33)(H,30,31)(H,34,35)(H4,25,26,27). The lowest BCUT2D eigenvalue weighted by molar-refractivity contribution is -0.142. The predicted molar refractivity (Wildman–Crippen MR) is 148 cm³/mol. The zero-order chi connectivity index (χ0) is 27.8. The Morgan fingerprint density at radius 2 is 1.57 bits per heavy atom. The van der Waals surface area contributed by atoms with Gasteiger partial charge in [-0.25, -0.2) is 4.79 Å². The van der Waals surface area contributed by atoms with Crippen molar-refractivity contribution in [3.63, 3.8) is 0 Å². The maximum Gasteiger partial charge on any atom is 0.326 e. The molecule has 0 saturated carbocycles. The van der Waals surface area contributed by atoms with E-state index in [9.17, 15) is 24.3 Å². The van der Waals surface area contributed by atoms with Crippen LogP contribution in [0.15, 0.2) is 35.3 Å². The van der Waals surface area contributed by atoms with E-state index in [1.54, 1.807) is 24.3 Å². The maximum absolute atomic E-state index is 13.0. The maximum atomic E-state index is 13.0. The van der Waals surface area contributed by atoms with Crippen LogP contribution in [0.25, 0.3) is 0 Å². The van der Waals surface area contributed by atoms with Gasteiger partial charge in [-0.15, -0.1) is 0 Å². The first-order valence-corrected chi connectivity index (χ1v) is 13.7. The van der Waals surface area contributed by atoms with Crippen molar-refractivity contribution in [2.45, 2.75) is 49.9 Å². The first kappa shape index (κ1) is 32.1. The second-order valence-electron chi connectivity index (χ2n) is 8.23. The van der Waals surface area contributed by atoms with Crippen molar-refractivity contribution in [1.82, 2.24) is 16.0 Å². The molecule has 4 atom stereocenters. The van der Waals surface area contributed by atoms with E-state index in [2.05, 4.69) is 33.6 Å². The minimum absolute atomic E-state index is 0.0521. The molecule has 3 amide bonds. The number of carboxylic acids is 1. The molecule has 1 aromatic carbocycles. The number of hydrogen-bond acceptors (Lipinski definition) is 8. The molecule has 10 N–H and O–H groups in total. The second kappa shape index (κ2) is 17.5. The van der Waals surface area contributed by atoms with Crippen LogP contribution in [0.4, 0.5) is 0 Å². The van der Waals surface area contributed by atoms with E-state index in [0.29, 0.717) is 18.7 Å². The summed E-state index contributed by atoms with van der Waals surface area (Å²) in [5, 5.41) is 17.2. The molecule has 0 aliphatic carbocycles. The summed E-state index contributed by atoms with van der Waals surface area (Å²) in [5.41, 5.74) is 17.2. The molecule has 0 saturated heterocycles. The third-order valence-electron chi connectivity index (χ3n) is 5.26. The predicted octanol–water partition coefficient (Wildman–Crippen LogP) is -1.17. The van der Waals surface area contributed by atoms with Crippen molar-refractivity contribution in [1.29, 1.82) is 0 Å². The molecule has 0 bridgehead atoms. The molecule has 206 valence electrons. The van der Waals surface area contributed by atoms with Gasteiger partial charge in [0.1, 0.15) is 18.1 Å². The summed E-state index contributed by atoms with van der Waals surface area (Å²) in [7, 11) is 0. The number of nitrogens with one attached hydrogen (secondary N) is 3. The number of benzene rings is 1. The van der Waals surface area contributed by atoms with Crippen LogP contribution < -0.4 is 33.2 Å². The molecule has 0 aliphatic rings. The second-order valence-corrected chi connectivity index (χ2v) is 9.58. The summed E-state index contributed by atoms with van der Waals surface area (Å²) in [6.45, 7) is 0.310. The molecule has 0 aliphatic heterocycles. The van der Waals surface area contributed by atoms with Crippen LogP contribution in [0.1, 0.15) is 24.8 Å². The van der Waals surface area contributed by atoms with Gasteiger partial charge in [-0.2, -0.15) is 24.4 Å². The smallest absolute Gasteiger partial charge is 0.326 e. The molecule has 0 aromatic heterocycles. The number of thiol groups is 1. The van der Waals surface area contributed by atoms with Gasteiger partial charge in [0.2, 0.25) is 17.7 Å². The summed E-state index contributed by atoms with van der Waals surface area (Å²) in [6, 6.07) is 4.80. The van der Waals surface area contributed by atoms with Gasteiger partial charge in [0, 0.05) is 18.7 Å². The van der Waals surface area contributed by atoms with E-state index in [1.807, 2.05) is 12.3 Å². The van der Waals surface area contributed by atoms with E-state index in [1.165, 1.54) is 11.8 Å². The molecule has 0 fully saturated rings. The van der Waals surface area contributed by atoms with Gasteiger partial charge in [0.15, 0.2) is 5.96 Å². The Kier molecular flexibility index (Phi) is 15.1. The van der Waals surface area contributed by atoms with Crippen LogP contribution in [0.2, 0.25) is 0 Å². The highest BCUT2D eigenvalue weighted by molar-refractivity contribution is 7.98. The SMILES string of the molecule is CSCCC(NC(=O)C(Cc1ccccc1)NC(=O)C(CS)NC(=O)C(N)CCCN=C(N)N)C(=O)O. The van der Waals surface area contributed by atoms with Gasteiger partial charge < -0.3 is 38.3 Å². The van der Waals surface area contributed by atoms with Gasteiger partial charge >= 0.3 is 5.97 Å². The lowest BCUT2D eigenvalue weighted by atomic mass is 10.0. The summed E-state index contributed by atoms with van der Waals surface area (Å²) in [4.78, 5) is 54.0. The Hall–Kier alpha value is -2.97. The molecule has 1 rings (SSSR count). The van der Waals surface area contributed by atoms with Gasteiger partial charge in [-0.3, -0.25) is 19.4 Å². The van der Waals surface area contributed by atoms with E-state index in [-0.39, 0.29) is 31.0 Å². The molecule has 37 heavy (non-hydrogen) atoms. The van der Waals surface area contributed by atoms with E-state index in [4.69, 9.17) is 17.2 Å². The van der Waals surface area contributed by atoms with E-state index in [0.717, 1.165) is 5.56 Å². The van der Waals surface area contributed by atoms with Crippen LogP contribution in [-0.2, 0) is 25.6 Å². The highest BCUT2D eigenvalue weighted by Gasteiger charge is 2.30. The summed E-state index contributed by atoms with van der Waals surface area (Å²) in [6.07, 6.45) is 2.93. The number of amides is 3. The number of carboxylic acid groups (broad SMARTS) is 1. The number of guanidine groups is 1. The average Bonchev–Trinajstić information content (AvgIpc) is 2.86. The molecule has 0 radical (unpaired) electrons. The summed E-state index contributed by atoms with van der Waals surface area (Å²) in [5.74, 6) is -2.60. The number of carbonyl (C=O) groups excluding carboxylic acids is 3. The molecular formula is C23H37N7O5S2. The van der Waals surface area contributed by atoms with Crippen LogP contribution in [0, 0.1) is 0 Å². The zero-order valence-corrected chi connectivity index (χ0v) is 22.5. The molecule has 1 aromatic rings. The van der Waals surface area contributed by atoms with E-state index >= 15 is 0 Å². The highest BCUT2D eigenvalue weighted by atomic mass is 32.2. The lowest BCUT2D eigenvalue weighted by Crippen LogP contribution is -2.58. The molecule has 0 spiro atoms. The number of nitrogens with zero attached hydrogens (tertiary/aromatic N) is 1. The van der Waals surface area contributed by atoms with Crippen LogP contribution >= 0.6 is 24.4 Å². The fourth-order valence-electron chi connectivity index (χ4n) is 3.22. The van der Waals surface area contributed by atoms with Gasteiger partial charge in [-0.05, 0) is 36.8 Å². The minimum Gasteiger partial charge on any atom is -0.480 e. The molecule has 4 unspecified atom stereocenters. The van der Waals surface area contributed by atoms with Crippen molar-refractivity contribution in [2.75, 3.05) is 24.3 Å². The Morgan fingerprint density at radius 1 is 0.973 bits per heavy atom. The van der Waals surface area contributed by atoms with Crippen molar-refractivity contribution < 1.29 is 24.3 Å². The Balaban J connectivity index is 2.90. The fourth-order valence-corrected chi connectivity index (χ4v) is 3.95. The number of rotatable bonds is 17. The Morgan fingerprint density at radius 3 is 2.14 bits per heavy atom. The number of aliphatic imine (C=N–C) groups is 1. The quantitative estimate of drug-likeness (QED) is 0.0502. The van der Waals surface area contributed by atoms with Crippen molar-refractivity contribution in [3.05, 3.63) is 35.9 Å². The van der Waals surface area contributed by atoms with Crippen molar-refractivity contribution >= 4 is 54.0 Å². The van der Waals surface area contributed by atoms with Gasteiger partial charge in [0.05, 0.1) is 6.04 Å². The molecule has 12 nitrogen and oxygen atoms in total. The summed E-state index contributed by atoms with van der Waals surface area (Å²) < 4.78 is 0. The monoisotopic (exact) mass is 555 g/mol. The van der Waals surface area contributed by atoms with Crippen LogP contribution in [0.5, 0.6) is 0 Å². The van der Waals surface area contributed by atoms with Gasteiger partial charge in [0.25, 0.3) is 0 Å². The van der Waals surface area contributed by atoms with Crippen molar-refractivity contribution in [3.8, 4) is 0 Å². The normalized spacial score (nSPS) is 13.9. The Bertz CT molecular complexity index is 916. The number of thioether (sulfide) groups is 1. The topological polar surface area (TPSA) is 215 Å². The lowest BCUT2D eigenvalue weighted by Gasteiger charge is -2.24. The highest BCUT2D eigenvalue weighted by Crippen LogP contribution is 2.07. The van der Waals surface area contributed by atoms with Crippen LogP contribution in [-0.4, -0.2) is 83.2 Å². The fraction of sp³-hybridized carbons (Fsp3) is 0.522. The molecule has 14 heteroatoms. The van der Waals surface area contributed by atoms with Gasteiger partial charge in [-0.1, -0.05) is 30.3 Å². The number of hydrogen-bond donors (Lipinski definition) is 8. The van der Waals surface area contributed by atoms with E-state index < -0.39 is 47.9 Å². The van der Waals surface area contributed by atoms with Crippen LogP contribution in [0.3, 0.4) is 0 Å². The third kappa shape index (κ3) is 12.7. The zero-order valence-electron chi connectivity index (χ0n) is 20.8. The summed E-state index contributed by atoms with van der Waals surface area (Å²) >= 11 is 5.62. The third-order valence-corrected chi connectivity index (χ3v) is 6.27. The number of aliphatic carboxylic acids is 1.